The molecule has 0 fully saturated rings. The lowest BCUT2D eigenvalue weighted by molar-refractivity contribution is -0.133. The summed E-state index contributed by atoms with van der Waals surface area (Å²) in [6.07, 6.45) is 2.00. The SMILES string of the molecule is CSCC(C)n1c(SCC(=O)O)nc2cc(I)c(F)cc21. The Morgan fingerprint density at radius 1 is 1.57 bits per heavy atom. The molecular weight excluding hydrogens is 426 g/mol. The second kappa shape index (κ2) is 7.19. The van der Waals surface area contributed by atoms with Crippen LogP contribution in [0.15, 0.2) is 17.3 Å². The minimum absolute atomic E-state index is 0.0606. The van der Waals surface area contributed by atoms with Gasteiger partial charge in [-0.05, 0) is 41.8 Å². The third-order valence-corrected chi connectivity index (χ3v) is 5.45. The number of hydrogen-bond acceptors (Lipinski definition) is 4. The first-order valence-electron chi connectivity index (χ1n) is 6.14. The minimum Gasteiger partial charge on any atom is -0.481 e. The zero-order valence-corrected chi connectivity index (χ0v) is 15.3. The highest BCUT2D eigenvalue weighted by atomic mass is 127. The van der Waals surface area contributed by atoms with E-state index in [0.717, 1.165) is 17.5 Å². The van der Waals surface area contributed by atoms with Crippen molar-refractivity contribution in [3.8, 4) is 0 Å². The summed E-state index contributed by atoms with van der Waals surface area (Å²) < 4.78 is 16.3. The number of imidazole rings is 1. The van der Waals surface area contributed by atoms with E-state index in [2.05, 4.69) is 4.98 Å². The molecule has 1 aromatic carbocycles. The van der Waals surface area contributed by atoms with Gasteiger partial charge in [0.1, 0.15) is 5.82 Å². The van der Waals surface area contributed by atoms with Crippen molar-refractivity contribution in [3.05, 3.63) is 21.5 Å². The van der Waals surface area contributed by atoms with Crippen molar-refractivity contribution in [1.29, 1.82) is 0 Å². The molecule has 1 N–H and O–H groups in total. The van der Waals surface area contributed by atoms with Gasteiger partial charge in [-0.3, -0.25) is 4.79 Å². The van der Waals surface area contributed by atoms with Crippen LogP contribution in [0, 0.1) is 9.39 Å². The molecule has 0 radical (unpaired) electrons. The normalized spacial score (nSPS) is 12.8. The van der Waals surface area contributed by atoms with E-state index in [1.54, 1.807) is 17.8 Å². The van der Waals surface area contributed by atoms with Crippen molar-refractivity contribution in [3.63, 3.8) is 0 Å². The maximum atomic E-state index is 13.8. The molecule has 0 aliphatic rings. The van der Waals surface area contributed by atoms with E-state index in [9.17, 15) is 9.18 Å². The molecule has 114 valence electrons. The van der Waals surface area contributed by atoms with Crippen LogP contribution in [-0.2, 0) is 4.79 Å². The van der Waals surface area contributed by atoms with Gasteiger partial charge in [-0.2, -0.15) is 11.8 Å². The monoisotopic (exact) mass is 440 g/mol. The van der Waals surface area contributed by atoms with Crippen LogP contribution in [0.4, 0.5) is 4.39 Å². The average molecular weight is 440 g/mol. The number of carboxylic acids is 1. The highest BCUT2D eigenvalue weighted by Gasteiger charge is 2.18. The molecule has 0 spiro atoms. The molecule has 8 heteroatoms. The van der Waals surface area contributed by atoms with E-state index in [0.29, 0.717) is 19.8 Å². The lowest BCUT2D eigenvalue weighted by atomic mass is 10.3. The van der Waals surface area contributed by atoms with E-state index in [1.807, 2.05) is 40.3 Å². The highest BCUT2D eigenvalue weighted by molar-refractivity contribution is 14.1. The summed E-state index contributed by atoms with van der Waals surface area (Å²) in [4.78, 5) is 15.3. The highest BCUT2D eigenvalue weighted by Crippen LogP contribution is 2.30. The third-order valence-electron chi connectivity index (χ3n) is 2.87. The van der Waals surface area contributed by atoms with E-state index in [4.69, 9.17) is 5.11 Å². The lowest BCUT2D eigenvalue weighted by Gasteiger charge is -2.16. The molecule has 0 amide bonds. The Hall–Kier alpha value is -0.480. The maximum absolute atomic E-state index is 13.8. The fourth-order valence-corrected chi connectivity index (χ4v) is 3.95. The first-order valence-corrected chi connectivity index (χ1v) is 9.60. The molecule has 0 saturated carbocycles. The van der Waals surface area contributed by atoms with Crippen molar-refractivity contribution in [2.75, 3.05) is 17.8 Å². The van der Waals surface area contributed by atoms with Gasteiger partial charge in [-0.15, -0.1) is 0 Å². The van der Waals surface area contributed by atoms with E-state index in [1.165, 1.54) is 6.07 Å². The molecule has 1 aromatic heterocycles. The lowest BCUT2D eigenvalue weighted by Crippen LogP contribution is -2.10. The predicted octanol–water partition coefficient (Wildman–Crippen LogP) is 3.88. The molecule has 1 unspecified atom stereocenters. The summed E-state index contributed by atoms with van der Waals surface area (Å²) in [5.74, 6) is -0.388. The van der Waals surface area contributed by atoms with Crippen molar-refractivity contribution in [2.24, 2.45) is 0 Å². The largest absolute Gasteiger partial charge is 0.481 e. The van der Waals surface area contributed by atoms with Crippen molar-refractivity contribution < 1.29 is 14.3 Å². The van der Waals surface area contributed by atoms with E-state index >= 15 is 0 Å². The van der Waals surface area contributed by atoms with Gasteiger partial charge in [0, 0.05) is 17.9 Å². The quantitative estimate of drug-likeness (QED) is 0.546. The molecule has 1 atom stereocenters. The number of aliphatic carboxylic acids is 1. The molecule has 0 aliphatic carbocycles. The topological polar surface area (TPSA) is 55.1 Å². The molecule has 0 aliphatic heterocycles. The fraction of sp³-hybridized carbons (Fsp3) is 0.385. The van der Waals surface area contributed by atoms with Gasteiger partial charge in [-0.25, -0.2) is 9.37 Å². The predicted molar refractivity (Wildman–Crippen MR) is 93.9 cm³/mol. The molecule has 2 rings (SSSR count). The molecule has 1 heterocycles. The van der Waals surface area contributed by atoms with Crippen molar-refractivity contribution >= 4 is 63.1 Å². The Bertz CT molecular complexity index is 678. The number of carbonyl (C=O) groups is 1. The Balaban J connectivity index is 2.54. The maximum Gasteiger partial charge on any atom is 0.313 e. The smallest absolute Gasteiger partial charge is 0.313 e. The molecule has 2 aromatic rings. The van der Waals surface area contributed by atoms with Gasteiger partial charge in [0.15, 0.2) is 5.16 Å². The molecule has 21 heavy (non-hydrogen) atoms. The second-order valence-corrected chi connectivity index (χ2v) is 7.52. The second-order valence-electron chi connectivity index (χ2n) is 4.51. The van der Waals surface area contributed by atoms with Gasteiger partial charge in [0.2, 0.25) is 0 Å². The standard InChI is InChI=1S/C13H14FIN2O2S2/c1-7(5-20-2)17-11-3-8(14)9(15)4-10(11)16-13(17)21-6-12(18)19/h3-4,7H,5-6H2,1-2H3,(H,18,19). The fourth-order valence-electron chi connectivity index (χ4n) is 2.04. The van der Waals surface area contributed by atoms with Gasteiger partial charge in [0.25, 0.3) is 0 Å². The Labute approximate surface area is 144 Å². The first-order chi connectivity index (χ1) is 9.93. The van der Waals surface area contributed by atoms with Crippen LogP contribution in [0.1, 0.15) is 13.0 Å². The van der Waals surface area contributed by atoms with Gasteiger partial charge in [-0.1, -0.05) is 11.8 Å². The van der Waals surface area contributed by atoms with Crippen LogP contribution in [-0.4, -0.2) is 38.4 Å². The van der Waals surface area contributed by atoms with Crippen LogP contribution in [0.25, 0.3) is 11.0 Å². The number of rotatable bonds is 6. The number of nitrogens with zero attached hydrogens (tertiary/aromatic N) is 2. The molecule has 0 saturated heterocycles. The first kappa shape index (κ1) is 16.9. The van der Waals surface area contributed by atoms with Gasteiger partial charge < -0.3 is 9.67 Å². The number of thioether (sulfide) groups is 2. The van der Waals surface area contributed by atoms with E-state index in [-0.39, 0.29) is 17.6 Å². The number of benzene rings is 1. The molecule has 4 nitrogen and oxygen atoms in total. The summed E-state index contributed by atoms with van der Waals surface area (Å²) in [7, 11) is 0. The average Bonchev–Trinajstić information content (AvgIpc) is 2.75. The zero-order valence-electron chi connectivity index (χ0n) is 11.5. The summed E-state index contributed by atoms with van der Waals surface area (Å²) in [6, 6.07) is 3.28. The van der Waals surface area contributed by atoms with Crippen LogP contribution in [0.2, 0.25) is 0 Å². The molecular formula is C13H14FIN2O2S2. The number of aromatic nitrogens is 2. The molecule has 0 bridgehead atoms. The summed E-state index contributed by atoms with van der Waals surface area (Å²) in [5, 5.41) is 9.47. The summed E-state index contributed by atoms with van der Waals surface area (Å²) >= 11 is 4.78. The summed E-state index contributed by atoms with van der Waals surface area (Å²) in [5.41, 5.74) is 1.41. The van der Waals surface area contributed by atoms with Crippen LogP contribution in [0.5, 0.6) is 0 Å². The van der Waals surface area contributed by atoms with Crippen molar-refractivity contribution in [2.45, 2.75) is 18.1 Å². The van der Waals surface area contributed by atoms with Crippen molar-refractivity contribution in [1.82, 2.24) is 9.55 Å². The third kappa shape index (κ3) is 3.84. The number of hydrogen-bond donors (Lipinski definition) is 1. The Morgan fingerprint density at radius 3 is 2.90 bits per heavy atom. The number of fused-ring (bicyclic) bond motifs is 1. The Morgan fingerprint density at radius 2 is 2.29 bits per heavy atom. The van der Waals surface area contributed by atoms with Crippen LogP contribution in [0.3, 0.4) is 0 Å². The number of carboxylic acid groups (broad SMARTS) is 1. The Kier molecular flexibility index (Phi) is 5.78. The van der Waals surface area contributed by atoms with Gasteiger partial charge >= 0.3 is 5.97 Å². The van der Waals surface area contributed by atoms with Gasteiger partial charge in [0.05, 0.1) is 20.4 Å². The van der Waals surface area contributed by atoms with Crippen LogP contribution >= 0.6 is 46.1 Å². The van der Waals surface area contributed by atoms with Crippen LogP contribution < -0.4 is 0 Å². The zero-order chi connectivity index (χ0) is 15.6. The summed E-state index contributed by atoms with van der Waals surface area (Å²) in [6.45, 7) is 2.03. The van der Waals surface area contributed by atoms with E-state index < -0.39 is 5.97 Å². The minimum atomic E-state index is -0.892. The number of halogens is 2.